The predicted octanol–water partition coefficient (Wildman–Crippen LogP) is 1.55. The summed E-state index contributed by atoms with van der Waals surface area (Å²) in [5, 5.41) is 16.8. The van der Waals surface area contributed by atoms with Crippen molar-refractivity contribution in [1.82, 2.24) is 10.6 Å². The molecule has 1 atom stereocenters. The smallest absolute Gasteiger partial charge is 0.272 e. The fraction of sp³-hybridized carbons (Fsp3) is 0.462. The van der Waals surface area contributed by atoms with Crippen LogP contribution >= 0.6 is 12.4 Å². The minimum Gasteiger partial charge on any atom is -0.352 e. The first kappa shape index (κ1) is 16.4. The number of carbonyl (C=O) groups is 1. The maximum atomic E-state index is 11.9. The van der Waals surface area contributed by atoms with E-state index in [1.807, 2.05) is 0 Å². The van der Waals surface area contributed by atoms with E-state index in [1.54, 1.807) is 19.1 Å². The lowest BCUT2D eigenvalue weighted by Gasteiger charge is -2.11. The molecule has 1 heterocycles. The molecule has 6 nitrogen and oxygen atoms in total. The summed E-state index contributed by atoms with van der Waals surface area (Å²) in [4.78, 5) is 22.3. The van der Waals surface area contributed by atoms with Crippen molar-refractivity contribution < 1.29 is 9.72 Å². The Labute approximate surface area is 123 Å². The molecule has 1 aromatic rings. The number of carbonyl (C=O) groups excluding carboxylic acids is 1. The molecule has 0 spiro atoms. The van der Waals surface area contributed by atoms with Crippen LogP contribution in [0.25, 0.3) is 0 Å². The third-order valence-corrected chi connectivity index (χ3v) is 3.50. The summed E-state index contributed by atoms with van der Waals surface area (Å²) in [7, 11) is 0. The second-order valence-corrected chi connectivity index (χ2v) is 4.73. The Morgan fingerprint density at radius 3 is 2.90 bits per heavy atom. The number of hydrogen-bond donors (Lipinski definition) is 2. The lowest BCUT2D eigenvalue weighted by molar-refractivity contribution is -0.385. The summed E-state index contributed by atoms with van der Waals surface area (Å²) in [6.07, 6.45) is 0.847. The first-order chi connectivity index (χ1) is 9.09. The normalized spacial score (nSPS) is 17.4. The molecule has 1 aliphatic rings. The minimum atomic E-state index is -0.401. The average Bonchev–Trinajstić information content (AvgIpc) is 2.90. The van der Waals surface area contributed by atoms with Gasteiger partial charge < -0.3 is 10.6 Å². The van der Waals surface area contributed by atoms with Crippen molar-refractivity contribution >= 4 is 24.0 Å². The van der Waals surface area contributed by atoms with Crippen molar-refractivity contribution in [3.63, 3.8) is 0 Å². The molecule has 2 N–H and O–H groups in total. The van der Waals surface area contributed by atoms with E-state index in [0.717, 1.165) is 18.5 Å². The van der Waals surface area contributed by atoms with Crippen LogP contribution in [0.3, 0.4) is 0 Å². The van der Waals surface area contributed by atoms with Gasteiger partial charge in [-0.05, 0) is 25.5 Å². The first-order valence-electron chi connectivity index (χ1n) is 6.31. The molecule has 1 amide bonds. The number of nitrogens with zero attached hydrogens (tertiary/aromatic N) is 1. The largest absolute Gasteiger partial charge is 0.352 e. The van der Waals surface area contributed by atoms with E-state index >= 15 is 0 Å². The van der Waals surface area contributed by atoms with Gasteiger partial charge in [0.05, 0.1) is 10.8 Å². The van der Waals surface area contributed by atoms with Crippen LogP contribution in [0.2, 0.25) is 0 Å². The lowest BCUT2D eigenvalue weighted by atomic mass is 10.1. The molecule has 20 heavy (non-hydrogen) atoms. The molecular formula is C13H18ClN3O3. The lowest BCUT2D eigenvalue weighted by Crippen LogP contribution is -2.31. The van der Waals surface area contributed by atoms with Crippen molar-refractivity contribution in [3.05, 3.63) is 39.4 Å². The molecule has 0 aromatic heterocycles. The maximum Gasteiger partial charge on any atom is 0.272 e. The van der Waals surface area contributed by atoms with Crippen LogP contribution in [0.15, 0.2) is 18.2 Å². The summed E-state index contributed by atoms with van der Waals surface area (Å²) in [5.41, 5.74) is 1.49. The number of nitro benzene ring substituents is 1. The van der Waals surface area contributed by atoms with E-state index in [9.17, 15) is 14.9 Å². The maximum absolute atomic E-state index is 11.9. The summed E-state index contributed by atoms with van der Waals surface area (Å²) in [5.74, 6) is 0.0231. The number of halogens is 1. The second kappa shape index (κ2) is 7.21. The van der Waals surface area contributed by atoms with Gasteiger partial charge >= 0.3 is 0 Å². The molecule has 0 bridgehead atoms. The molecule has 0 radical (unpaired) electrons. The van der Waals surface area contributed by atoms with Crippen LogP contribution in [0.4, 0.5) is 5.69 Å². The quantitative estimate of drug-likeness (QED) is 0.652. The van der Waals surface area contributed by atoms with Crippen LogP contribution in [-0.2, 0) is 11.3 Å². The summed E-state index contributed by atoms with van der Waals surface area (Å²) < 4.78 is 0. The van der Waals surface area contributed by atoms with E-state index < -0.39 is 4.92 Å². The van der Waals surface area contributed by atoms with E-state index in [4.69, 9.17) is 0 Å². The van der Waals surface area contributed by atoms with E-state index in [0.29, 0.717) is 18.7 Å². The van der Waals surface area contributed by atoms with Gasteiger partial charge in [0, 0.05) is 24.7 Å². The number of benzene rings is 1. The molecule has 1 aromatic carbocycles. The molecular weight excluding hydrogens is 282 g/mol. The van der Waals surface area contributed by atoms with Crippen molar-refractivity contribution in [2.75, 3.05) is 13.1 Å². The van der Waals surface area contributed by atoms with Gasteiger partial charge in [-0.2, -0.15) is 0 Å². The Bertz CT molecular complexity index is 502. The van der Waals surface area contributed by atoms with Gasteiger partial charge in [0.15, 0.2) is 0 Å². The predicted molar refractivity (Wildman–Crippen MR) is 77.9 cm³/mol. The standard InChI is InChI=1S/C13H17N3O3.ClH/c1-9-10(3-2-4-12(9)16(18)19)8-15-13(17)11-5-6-14-7-11;/h2-4,11,14H,5-8H2,1H3,(H,15,17);1H. The fourth-order valence-electron chi connectivity index (χ4n) is 2.26. The monoisotopic (exact) mass is 299 g/mol. The third kappa shape index (κ3) is 3.68. The van der Waals surface area contributed by atoms with Crippen molar-refractivity contribution in [3.8, 4) is 0 Å². The molecule has 0 saturated carbocycles. The van der Waals surface area contributed by atoms with Gasteiger partial charge in [-0.1, -0.05) is 12.1 Å². The number of amides is 1. The molecule has 7 heteroatoms. The van der Waals surface area contributed by atoms with Gasteiger partial charge in [0.25, 0.3) is 5.69 Å². The van der Waals surface area contributed by atoms with E-state index in [1.165, 1.54) is 6.07 Å². The highest BCUT2D eigenvalue weighted by Crippen LogP contribution is 2.21. The van der Waals surface area contributed by atoms with E-state index in [2.05, 4.69) is 10.6 Å². The molecule has 2 rings (SSSR count). The van der Waals surface area contributed by atoms with Crippen LogP contribution < -0.4 is 10.6 Å². The molecule has 1 fully saturated rings. The van der Waals surface area contributed by atoms with Gasteiger partial charge in [0.2, 0.25) is 5.91 Å². The van der Waals surface area contributed by atoms with Crippen LogP contribution in [0.1, 0.15) is 17.5 Å². The van der Waals surface area contributed by atoms with Gasteiger partial charge in [-0.25, -0.2) is 0 Å². The number of nitrogens with one attached hydrogen (secondary N) is 2. The van der Waals surface area contributed by atoms with Crippen LogP contribution in [0, 0.1) is 23.0 Å². The number of hydrogen-bond acceptors (Lipinski definition) is 4. The number of nitro groups is 1. The molecule has 0 aliphatic carbocycles. The average molecular weight is 300 g/mol. The second-order valence-electron chi connectivity index (χ2n) is 4.73. The third-order valence-electron chi connectivity index (χ3n) is 3.50. The first-order valence-corrected chi connectivity index (χ1v) is 6.31. The topological polar surface area (TPSA) is 84.3 Å². The molecule has 1 aliphatic heterocycles. The highest BCUT2D eigenvalue weighted by atomic mass is 35.5. The van der Waals surface area contributed by atoms with Crippen molar-refractivity contribution in [2.24, 2.45) is 5.92 Å². The van der Waals surface area contributed by atoms with Gasteiger partial charge in [-0.15, -0.1) is 12.4 Å². The molecule has 110 valence electrons. The highest BCUT2D eigenvalue weighted by Gasteiger charge is 2.22. The zero-order valence-electron chi connectivity index (χ0n) is 11.2. The Kier molecular flexibility index (Phi) is 5.91. The minimum absolute atomic E-state index is 0. The van der Waals surface area contributed by atoms with Crippen molar-refractivity contribution in [2.45, 2.75) is 19.9 Å². The zero-order valence-corrected chi connectivity index (χ0v) is 12.0. The zero-order chi connectivity index (χ0) is 13.8. The fourth-order valence-corrected chi connectivity index (χ4v) is 2.26. The van der Waals surface area contributed by atoms with Gasteiger partial charge in [-0.3, -0.25) is 14.9 Å². The highest BCUT2D eigenvalue weighted by molar-refractivity contribution is 5.85. The van der Waals surface area contributed by atoms with Gasteiger partial charge in [0.1, 0.15) is 0 Å². The Hall–Kier alpha value is -1.66. The summed E-state index contributed by atoms with van der Waals surface area (Å²) in [6, 6.07) is 4.92. The van der Waals surface area contributed by atoms with Crippen LogP contribution in [0.5, 0.6) is 0 Å². The Balaban J connectivity index is 0.00000200. The summed E-state index contributed by atoms with van der Waals surface area (Å²) >= 11 is 0. The Morgan fingerprint density at radius 2 is 2.30 bits per heavy atom. The number of rotatable bonds is 4. The SMILES string of the molecule is Cc1c(CNC(=O)C2CCNC2)cccc1[N+](=O)[O-].Cl. The van der Waals surface area contributed by atoms with Crippen LogP contribution in [-0.4, -0.2) is 23.9 Å². The van der Waals surface area contributed by atoms with Crippen molar-refractivity contribution in [1.29, 1.82) is 0 Å². The Morgan fingerprint density at radius 1 is 1.55 bits per heavy atom. The van der Waals surface area contributed by atoms with E-state index in [-0.39, 0.29) is 29.9 Å². The summed E-state index contributed by atoms with van der Waals surface area (Å²) in [6.45, 7) is 3.62. The molecule has 1 unspecified atom stereocenters. The molecule has 1 saturated heterocycles.